The fourth-order valence-corrected chi connectivity index (χ4v) is 2.59. The first-order valence-corrected chi connectivity index (χ1v) is 8.29. The van der Waals surface area contributed by atoms with Crippen molar-refractivity contribution in [3.8, 4) is 5.75 Å². The fourth-order valence-electron chi connectivity index (χ4n) is 2.59. The summed E-state index contributed by atoms with van der Waals surface area (Å²) in [6, 6.07) is 12.5. The summed E-state index contributed by atoms with van der Waals surface area (Å²) >= 11 is 0. The highest BCUT2D eigenvalue weighted by Gasteiger charge is 2.13. The lowest BCUT2D eigenvalue weighted by Crippen LogP contribution is -2.38. The number of methoxy groups -OCH3 is 1. The van der Waals surface area contributed by atoms with Gasteiger partial charge in [-0.3, -0.25) is 15.1 Å². The molecule has 0 spiro atoms. The van der Waals surface area contributed by atoms with Gasteiger partial charge in [0.05, 0.1) is 18.1 Å². The Labute approximate surface area is 176 Å². The first kappa shape index (κ1) is 22.7. The van der Waals surface area contributed by atoms with Crippen LogP contribution in [0.4, 0.5) is 5.69 Å². The van der Waals surface area contributed by atoms with E-state index in [0.717, 1.165) is 22.4 Å². The third-order valence-corrected chi connectivity index (χ3v) is 4.04. The number of benzene rings is 2. The van der Waals surface area contributed by atoms with Gasteiger partial charge >= 0.3 is 0 Å². The van der Waals surface area contributed by atoms with Gasteiger partial charge < -0.3 is 15.4 Å². The van der Waals surface area contributed by atoms with Crippen LogP contribution in [0.25, 0.3) is 0 Å². The van der Waals surface area contributed by atoms with Crippen LogP contribution in [0.2, 0.25) is 0 Å². The van der Waals surface area contributed by atoms with Crippen LogP contribution in [-0.4, -0.2) is 25.0 Å². The SMILES string of the molecule is CN=C(NCc1ccc([N+](=O)[O-])cc1)NC(C)c1cc(C)ccc1OC.I. The van der Waals surface area contributed by atoms with Crippen molar-refractivity contribution < 1.29 is 9.66 Å². The number of ether oxygens (including phenoxy) is 1. The number of hydrogen-bond donors (Lipinski definition) is 2. The van der Waals surface area contributed by atoms with Gasteiger partial charge in [0.2, 0.25) is 0 Å². The van der Waals surface area contributed by atoms with Crippen LogP contribution in [0.15, 0.2) is 47.5 Å². The number of halogens is 1. The van der Waals surface area contributed by atoms with Crippen LogP contribution in [-0.2, 0) is 6.54 Å². The molecule has 2 aromatic carbocycles. The van der Waals surface area contributed by atoms with Crippen molar-refractivity contribution in [3.05, 3.63) is 69.3 Å². The maximum absolute atomic E-state index is 10.7. The highest BCUT2D eigenvalue weighted by atomic mass is 127. The van der Waals surface area contributed by atoms with Gasteiger partial charge in [0.25, 0.3) is 5.69 Å². The Morgan fingerprint density at radius 1 is 1.26 bits per heavy atom. The molecule has 0 aliphatic rings. The minimum Gasteiger partial charge on any atom is -0.496 e. The quantitative estimate of drug-likeness (QED) is 0.213. The fraction of sp³-hybridized carbons (Fsp3) is 0.316. The van der Waals surface area contributed by atoms with Gasteiger partial charge in [-0.05, 0) is 25.5 Å². The predicted molar refractivity (Wildman–Crippen MR) is 118 cm³/mol. The molecular formula is C19H25IN4O3. The topological polar surface area (TPSA) is 88.8 Å². The minimum atomic E-state index is -0.408. The summed E-state index contributed by atoms with van der Waals surface area (Å²) in [6.45, 7) is 4.59. The van der Waals surface area contributed by atoms with E-state index in [2.05, 4.69) is 21.7 Å². The summed E-state index contributed by atoms with van der Waals surface area (Å²) in [5, 5.41) is 17.3. The second kappa shape index (κ2) is 10.7. The van der Waals surface area contributed by atoms with Crippen molar-refractivity contribution in [1.82, 2.24) is 10.6 Å². The zero-order chi connectivity index (χ0) is 19.1. The molecule has 0 radical (unpaired) electrons. The summed E-state index contributed by atoms with van der Waals surface area (Å²) in [5.41, 5.74) is 3.21. The van der Waals surface area contributed by atoms with E-state index in [1.165, 1.54) is 12.1 Å². The molecule has 0 saturated heterocycles. The summed E-state index contributed by atoms with van der Waals surface area (Å²) < 4.78 is 5.44. The van der Waals surface area contributed by atoms with E-state index >= 15 is 0 Å². The number of nitrogens with one attached hydrogen (secondary N) is 2. The minimum absolute atomic E-state index is 0. The average Bonchev–Trinajstić information content (AvgIpc) is 2.65. The molecule has 7 nitrogen and oxygen atoms in total. The van der Waals surface area contributed by atoms with E-state index in [1.54, 1.807) is 26.3 Å². The molecule has 0 aliphatic heterocycles. The van der Waals surface area contributed by atoms with E-state index in [0.29, 0.717) is 12.5 Å². The highest BCUT2D eigenvalue weighted by Crippen LogP contribution is 2.25. The molecule has 2 aromatic rings. The molecule has 1 unspecified atom stereocenters. The smallest absolute Gasteiger partial charge is 0.269 e. The van der Waals surface area contributed by atoms with Gasteiger partial charge in [-0.25, -0.2) is 0 Å². The summed E-state index contributed by atoms with van der Waals surface area (Å²) in [5.74, 6) is 1.46. The van der Waals surface area contributed by atoms with Crippen molar-refractivity contribution in [2.24, 2.45) is 4.99 Å². The molecule has 8 heteroatoms. The summed E-state index contributed by atoms with van der Waals surface area (Å²) in [4.78, 5) is 14.5. The molecule has 146 valence electrons. The predicted octanol–water partition coefficient (Wildman–Crippen LogP) is 3.96. The molecule has 2 N–H and O–H groups in total. The standard InChI is InChI=1S/C19H24N4O3.HI/c1-13-5-10-18(26-4)17(11-13)14(2)22-19(20-3)21-12-15-6-8-16(9-7-15)23(24)25;/h5-11,14H,12H2,1-4H3,(H2,20,21,22);1H. The molecule has 0 aromatic heterocycles. The van der Waals surface area contributed by atoms with Crippen molar-refractivity contribution in [2.45, 2.75) is 26.4 Å². The number of nitro benzene ring substituents is 1. The van der Waals surface area contributed by atoms with Crippen LogP contribution in [0.5, 0.6) is 5.75 Å². The molecule has 0 amide bonds. The van der Waals surface area contributed by atoms with E-state index in [9.17, 15) is 10.1 Å². The zero-order valence-electron chi connectivity index (χ0n) is 15.9. The number of non-ortho nitro benzene ring substituents is 1. The van der Waals surface area contributed by atoms with Crippen LogP contribution < -0.4 is 15.4 Å². The van der Waals surface area contributed by atoms with E-state index in [-0.39, 0.29) is 35.7 Å². The van der Waals surface area contributed by atoms with Crippen LogP contribution in [0.3, 0.4) is 0 Å². The third kappa shape index (κ3) is 6.38. The average molecular weight is 484 g/mol. The van der Waals surface area contributed by atoms with Crippen molar-refractivity contribution >= 4 is 35.6 Å². The number of hydrogen-bond acceptors (Lipinski definition) is 4. The van der Waals surface area contributed by atoms with Crippen molar-refractivity contribution in [1.29, 1.82) is 0 Å². The second-order valence-electron chi connectivity index (χ2n) is 5.96. The lowest BCUT2D eigenvalue weighted by molar-refractivity contribution is -0.384. The first-order valence-electron chi connectivity index (χ1n) is 8.29. The lowest BCUT2D eigenvalue weighted by atomic mass is 10.0. The number of rotatable bonds is 6. The Balaban J connectivity index is 0.00000364. The van der Waals surface area contributed by atoms with E-state index in [1.807, 2.05) is 26.0 Å². The van der Waals surface area contributed by atoms with Gasteiger partial charge in [0.15, 0.2) is 5.96 Å². The van der Waals surface area contributed by atoms with E-state index in [4.69, 9.17) is 4.74 Å². The highest BCUT2D eigenvalue weighted by molar-refractivity contribution is 14.0. The van der Waals surface area contributed by atoms with Gasteiger partial charge in [0, 0.05) is 31.3 Å². The Kier molecular flexibility index (Phi) is 8.99. The largest absolute Gasteiger partial charge is 0.496 e. The number of nitrogens with zero attached hydrogens (tertiary/aromatic N) is 2. The molecule has 0 aliphatic carbocycles. The normalized spacial score (nSPS) is 11.9. The second-order valence-corrected chi connectivity index (χ2v) is 5.96. The molecular weight excluding hydrogens is 459 g/mol. The van der Waals surface area contributed by atoms with Crippen molar-refractivity contribution in [2.75, 3.05) is 14.2 Å². The van der Waals surface area contributed by atoms with E-state index < -0.39 is 4.92 Å². The maximum atomic E-state index is 10.7. The van der Waals surface area contributed by atoms with Crippen LogP contribution in [0.1, 0.15) is 29.7 Å². The molecule has 0 saturated carbocycles. The summed E-state index contributed by atoms with van der Waals surface area (Å²) in [6.07, 6.45) is 0. The Morgan fingerprint density at radius 2 is 1.93 bits per heavy atom. The zero-order valence-corrected chi connectivity index (χ0v) is 18.2. The molecule has 0 fully saturated rings. The van der Waals surface area contributed by atoms with Gasteiger partial charge in [-0.1, -0.05) is 29.8 Å². The Morgan fingerprint density at radius 3 is 2.48 bits per heavy atom. The molecule has 27 heavy (non-hydrogen) atoms. The third-order valence-electron chi connectivity index (χ3n) is 4.04. The lowest BCUT2D eigenvalue weighted by Gasteiger charge is -2.20. The number of guanidine groups is 1. The maximum Gasteiger partial charge on any atom is 0.269 e. The Hall–Kier alpha value is -2.36. The number of aliphatic imine (C=N–C) groups is 1. The Bertz CT molecular complexity index is 794. The molecule has 0 bridgehead atoms. The van der Waals surface area contributed by atoms with Gasteiger partial charge in [0.1, 0.15) is 5.75 Å². The monoisotopic (exact) mass is 484 g/mol. The first-order chi connectivity index (χ1) is 12.4. The molecule has 0 heterocycles. The van der Waals surface area contributed by atoms with Gasteiger partial charge in [-0.15, -0.1) is 24.0 Å². The number of aryl methyl sites for hydroxylation is 1. The van der Waals surface area contributed by atoms with Crippen LogP contribution >= 0.6 is 24.0 Å². The van der Waals surface area contributed by atoms with Gasteiger partial charge in [-0.2, -0.15) is 0 Å². The molecule has 1 atom stereocenters. The van der Waals surface area contributed by atoms with Crippen molar-refractivity contribution in [3.63, 3.8) is 0 Å². The van der Waals surface area contributed by atoms with Crippen LogP contribution in [0, 0.1) is 17.0 Å². The summed E-state index contributed by atoms with van der Waals surface area (Å²) in [7, 11) is 3.36. The number of nitro groups is 1. The molecule has 2 rings (SSSR count).